The van der Waals surface area contributed by atoms with Gasteiger partial charge in [-0.3, -0.25) is 0 Å². The first-order valence-electron chi connectivity index (χ1n) is 5.28. The minimum absolute atomic E-state index is 0.0659. The molecule has 0 aromatic heterocycles. The number of nitrogen functional groups attached to an aromatic ring is 1. The van der Waals surface area contributed by atoms with Crippen LogP contribution in [-0.2, 0) is 10.0 Å². The van der Waals surface area contributed by atoms with E-state index in [1.54, 1.807) is 12.1 Å². The van der Waals surface area contributed by atoms with Crippen LogP contribution in [-0.4, -0.2) is 8.42 Å². The Labute approximate surface area is 131 Å². The summed E-state index contributed by atoms with van der Waals surface area (Å²) >= 11 is 17.9. The third-order valence-electron chi connectivity index (χ3n) is 2.68. The Bertz CT molecular complexity index is 792. The molecule has 0 saturated heterocycles. The number of sulfonamides is 1. The Hall–Kier alpha value is -0.980. The van der Waals surface area contributed by atoms with Gasteiger partial charge < -0.3 is 5.73 Å². The molecule has 106 valence electrons. The number of halogens is 3. The van der Waals surface area contributed by atoms with E-state index in [1.807, 2.05) is 0 Å². The highest BCUT2D eigenvalue weighted by Crippen LogP contribution is 2.40. The molecule has 0 fully saturated rings. The van der Waals surface area contributed by atoms with Gasteiger partial charge in [0.15, 0.2) is 0 Å². The van der Waals surface area contributed by atoms with Crippen LogP contribution >= 0.6 is 34.8 Å². The molecule has 20 heavy (non-hydrogen) atoms. The van der Waals surface area contributed by atoms with Crippen LogP contribution in [0.3, 0.4) is 0 Å². The highest BCUT2D eigenvalue weighted by atomic mass is 35.5. The number of rotatable bonds is 2. The average Bonchev–Trinajstić information content (AvgIpc) is 2.36. The Balaban J connectivity index is 2.73. The van der Waals surface area contributed by atoms with E-state index < -0.39 is 10.0 Å². The number of nitrogens with two attached hydrogens (primary N) is 2. The van der Waals surface area contributed by atoms with Gasteiger partial charge in [0, 0.05) is 16.8 Å². The quantitative estimate of drug-likeness (QED) is 0.641. The van der Waals surface area contributed by atoms with Crippen LogP contribution in [0.4, 0.5) is 5.69 Å². The molecular weight excluding hydrogens is 343 g/mol. The maximum atomic E-state index is 11.4. The van der Waals surface area contributed by atoms with Crippen LogP contribution in [0.1, 0.15) is 0 Å². The predicted molar refractivity (Wildman–Crippen MR) is 82.7 cm³/mol. The smallest absolute Gasteiger partial charge is 0.238 e. The van der Waals surface area contributed by atoms with Crippen LogP contribution in [0.5, 0.6) is 0 Å². The van der Waals surface area contributed by atoms with Crippen molar-refractivity contribution in [1.29, 1.82) is 0 Å². The summed E-state index contributed by atoms with van der Waals surface area (Å²) in [5.41, 5.74) is 7.09. The van der Waals surface area contributed by atoms with Gasteiger partial charge in [-0.2, -0.15) is 0 Å². The van der Waals surface area contributed by atoms with Crippen molar-refractivity contribution in [3.8, 4) is 11.1 Å². The number of hydrogen-bond donors (Lipinski definition) is 2. The van der Waals surface area contributed by atoms with E-state index in [0.717, 1.165) is 0 Å². The van der Waals surface area contributed by atoms with Crippen LogP contribution in [0, 0.1) is 0 Å². The third-order valence-corrected chi connectivity index (χ3v) is 4.88. The van der Waals surface area contributed by atoms with Gasteiger partial charge in [-0.1, -0.05) is 40.9 Å². The van der Waals surface area contributed by atoms with Gasteiger partial charge in [0.2, 0.25) is 10.0 Å². The molecular formula is C12H9Cl3N2O2S. The lowest BCUT2D eigenvalue weighted by molar-refractivity contribution is 0.598. The summed E-state index contributed by atoms with van der Waals surface area (Å²) in [4.78, 5) is -0.0659. The summed E-state index contributed by atoms with van der Waals surface area (Å²) in [5.74, 6) is 0. The number of primary sulfonamides is 1. The zero-order valence-electron chi connectivity index (χ0n) is 9.90. The molecule has 0 aliphatic rings. The number of anilines is 1. The van der Waals surface area contributed by atoms with Gasteiger partial charge >= 0.3 is 0 Å². The summed E-state index contributed by atoms with van der Waals surface area (Å²) in [5, 5.41) is 5.75. The Morgan fingerprint density at radius 3 is 2.15 bits per heavy atom. The van der Waals surface area contributed by atoms with Crippen molar-refractivity contribution in [3.05, 3.63) is 45.4 Å². The molecule has 0 radical (unpaired) electrons. The van der Waals surface area contributed by atoms with E-state index in [1.165, 1.54) is 18.2 Å². The van der Waals surface area contributed by atoms with Crippen LogP contribution < -0.4 is 10.9 Å². The Kier molecular flexibility index (Phi) is 4.18. The molecule has 0 aliphatic carbocycles. The van der Waals surface area contributed by atoms with E-state index in [4.69, 9.17) is 45.7 Å². The van der Waals surface area contributed by atoms with Gasteiger partial charge in [0.1, 0.15) is 0 Å². The largest absolute Gasteiger partial charge is 0.398 e. The summed E-state index contributed by atoms with van der Waals surface area (Å²) < 4.78 is 22.8. The predicted octanol–water partition coefficient (Wildman–Crippen LogP) is 3.54. The maximum Gasteiger partial charge on any atom is 0.238 e. The molecule has 0 saturated carbocycles. The average molecular weight is 352 g/mol. The summed E-state index contributed by atoms with van der Waals surface area (Å²) in [7, 11) is -3.84. The molecule has 0 heterocycles. The van der Waals surface area contributed by atoms with Crippen molar-refractivity contribution in [3.63, 3.8) is 0 Å². The monoisotopic (exact) mass is 350 g/mol. The normalized spacial score (nSPS) is 11.6. The number of benzene rings is 2. The van der Waals surface area contributed by atoms with Gasteiger partial charge in [-0.15, -0.1) is 0 Å². The molecule has 2 rings (SSSR count). The lowest BCUT2D eigenvalue weighted by Crippen LogP contribution is -2.12. The van der Waals surface area contributed by atoms with E-state index in [-0.39, 0.29) is 14.9 Å². The molecule has 0 atom stereocenters. The molecule has 0 bridgehead atoms. The zero-order chi connectivity index (χ0) is 15.1. The fraction of sp³-hybridized carbons (Fsp3) is 0. The molecule has 0 unspecified atom stereocenters. The molecule has 4 N–H and O–H groups in total. The Morgan fingerprint density at radius 1 is 0.900 bits per heavy atom. The first-order valence-corrected chi connectivity index (χ1v) is 7.96. The first-order chi connectivity index (χ1) is 9.21. The Morgan fingerprint density at radius 2 is 1.55 bits per heavy atom. The van der Waals surface area contributed by atoms with E-state index in [0.29, 0.717) is 21.8 Å². The van der Waals surface area contributed by atoms with Crippen molar-refractivity contribution in [2.45, 2.75) is 4.90 Å². The molecule has 2 aromatic carbocycles. The van der Waals surface area contributed by atoms with Crippen LogP contribution in [0.25, 0.3) is 11.1 Å². The van der Waals surface area contributed by atoms with E-state index >= 15 is 0 Å². The standard InChI is InChI=1S/C12H9Cl3N2O2S/c13-9-3-2-7(11(14)12(9)15)8-5-6(20(17,18)19)1-4-10(8)16/h1-5H,16H2,(H2,17,18,19). The molecule has 0 amide bonds. The van der Waals surface area contributed by atoms with Gasteiger partial charge in [-0.05, 0) is 24.3 Å². The fourth-order valence-corrected chi connectivity index (χ4v) is 2.86. The van der Waals surface area contributed by atoms with Crippen molar-refractivity contribution in [2.24, 2.45) is 5.14 Å². The summed E-state index contributed by atoms with van der Waals surface area (Å²) in [6.07, 6.45) is 0. The molecule has 8 heteroatoms. The zero-order valence-corrected chi connectivity index (χ0v) is 13.0. The minimum atomic E-state index is -3.84. The van der Waals surface area contributed by atoms with Crippen molar-refractivity contribution < 1.29 is 8.42 Å². The van der Waals surface area contributed by atoms with Crippen molar-refractivity contribution in [1.82, 2.24) is 0 Å². The lowest BCUT2D eigenvalue weighted by atomic mass is 10.0. The molecule has 4 nitrogen and oxygen atoms in total. The molecule has 2 aromatic rings. The topological polar surface area (TPSA) is 86.2 Å². The highest BCUT2D eigenvalue weighted by molar-refractivity contribution is 7.89. The van der Waals surface area contributed by atoms with E-state index in [2.05, 4.69) is 0 Å². The SMILES string of the molecule is Nc1ccc(S(N)(=O)=O)cc1-c1ccc(Cl)c(Cl)c1Cl. The van der Waals surface area contributed by atoms with Crippen LogP contribution in [0.2, 0.25) is 15.1 Å². The van der Waals surface area contributed by atoms with E-state index in [9.17, 15) is 8.42 Å². The minimum Gasteiger partial charge on any atom is -0.398 e. The van der Waals surface area contributed by atoms with Crippen molar-refractivity contribution >= 4 is 50.5 Å². The fourth-order valence-electron chi connectivity index (χ4n) is 1.68. The highest BCUT2D eigenvalue weighted by Gasteiger charge is 2.16. The van der Waals surface area contributed by atoms with Gasteiger partial charge in [0.05, 0.1) is 20.0 Å². The second-order valence-corrected chi connectivity index (χ2v) is 6.74. The van der Waals surface area contributed by atoms with Crippen molar-refractivity contribution in [2.75, 3.05) is 5.73 Å². The molecule has 0 aliphatic heterocycles. The second-order valence-electron chi connectivity index (χ2n) is 4.02. The number of hydrogen-bond acceptors (Lipinski definition) is 3. The lowest BCUT2D eigenvalue weighted by Gasteiger charge is -2.11. The maximum absolute atomic E-state index is 11.4. The molecule has 0 spiro atoms. The van der Waals surface area contributed by atoms with Gasteiger partial charge in [0.25, 0.3) is 0 Å². The second kappa shape index (κ2) is 5.42. The van der Waals surface area contributed by atoms with Crippen LogP contribution in [0.15, 0.2) is 35.2 Å². The summed E-state index contributed by atoms with van der Waals surface area (Å²) in [6, 6.07) is 7.26. The third kappa shape index (κ3) is 2.87. The summed E-state index contributed by atoms with van der Waals surface area (Å²) in [6.45, 7) is 0. The first kappa shape index (κ1) is 15.4. The van der Waals surface area contributed by atoms with Gasteiger partial charge in [-0.25, -0.2) is 13.6 Å².